The maximum absolute atomic E-state index is 5.65. The minimum Gasteiger partial charge on any atom is -0.389 e. The fraction of sp³-hybridized carbons (Fsp3) is 0.533. The van der Waals surface area contributed by atoms with Crippen molar-refractivity contribution in [2.45, 2.75) is 27.3 Å². The number of hydrogen-bond donors (Lipinski definition) is 1. The standard InChI is InChI=1S/C15H22N2S/c1-10-6-13(15(16)18)4-5-14(10)9-17-7-11(2)12(3)8-17/h4-6,11-12H,7-9H2,1-3H3,(H2,16,18). The Hall–Kier alpha value is -0.930. The van der Waals surface area contributed by atoms with Crippen LogP contribution >= 0.6 is 12.2 Å². The molecular formula is C15H22N2S. The third-order valence-corrected chi connectivity index (χ3v) is 4.32. The summed E-state index contributed by atoms with van der Waals surface area (Å²) in [6, 6.07) is 6.30. The average molecular weight is 262 g/mol. The highest BCUT2D eigenvalue weighted by Crippen LogP contribution is 2.24. The van der Waals surface area contributed by atoms with E-state index in [0.29, 0.717) is 4.99 Å². The van der Waals surface area contributed by atoms with Gasteiger partial charge in [0.05, 0.1) is 0 Å². The van der Waals surface area contributed by atoms with Crippen molar-refractivity contribution in [3.63, 3.8) is 0 Å². The summed E-state index contributed by atoms with van der Waals surface area (Å²) in [5.41, 5.74) is 9.29. The van der Waals surface area contributed by atoms with E-state index in [2.05, 4.69) is 37.8 Å². The van der Waals surface area contributed by atoms with Crippen LogP contribution in [0.15, 0.2) is 18.2 Å². The van der Waals surface area contributed by atoms with Gasteiger partial charge in [0.15, 0.2) is 0 Å². The molecule has 1 aromatic rings. The van der Waals surface area contributed by atoms with Crippen LogP contribution in [0.25, 0.3) is 0 Å². The number of rotatable bonds is 3. The van der Waals surface area contributed by atoms with Crippen molar-refractivity contribution in [2.75, 3.05) is 13.1 Å². The molecule has 2 rings (SSSR count). The number of aryl methyl sites for hydroxylation is 1. The van der Waals surface area contributed by atoms with Crippen molar-refractivity contribution >= 4 is 17.2 Å². The topological polar surface area (TPSA) is 29.3 Å². The molecule has 0 bridgehead atoms. The van der Waals surface area contributed by atoms with Crippen molar-refractivity contribution in [2.24, 2.45) is 17.6 Å². The molecule has 1 aromatic carbocycles. The molecule has 0 aromatic heterocycles. The molecule has 0 spiro atoms. The number of nitrogens with two attached hydrogens (primary N) is 1. The highest BCUT2D eigenvalue weighted by molar-refractivity contribution is 7.80. The molecular weight excluding hydrogens is 240 g/mol. The SMILES string of the molecule is Cc1cc(C(N)=S)ccc1CN1CC(C)C(C)C1. The zero-order valence-electron chi connectivity index (χ0n) is 11.4. The maximum atomic E-state index is 5.65. The fourth-order valence-electron chi connectivity index (χ4n) is 2.65. The third-order valence-electron chi connectivity index (χ3n) is 4.08. The summed E-state index contributed by atoms with van der Waals surface area (Å²) in [5, 5.41) is 0. The van der Waals surface area contributed by atoms with E-state index < -0.39 is 0 Å². The molecule has 0 saturated carbocycles. The maximum Gasteiger partial charge on any atom is 0.103 e. The monoisotopic (exact) mass is 262 g/mol. The molecule has 2 N–H and O–H groups in total. The Morgan fingerprint density at radius 2 is 1.94 bits per heavy atom. The van der Waals surface area contributed by atoms with Crippen LogP contribution < -0.4 is 5.73 Å². The zero-order valence-corrected chi connectivity index (χ0v) is 12.3. The number of hydrogen-bond acceptors (Lipinski definition) is 2. The minimum atomic E-state index is 0.480. The molecule has 2 atom stereocenters. The van der Waals surface area contributed by atoms with Gasteiger partial charge in [-0.05, 0) is 36.0 Å². The van der Waals surface area contributed by atoms with E-state index in [-0.39, 0.29) is 0 Å². The van der Waals surface area contributed by atoms with Crippen LogP contribution in [-0.2, 0) is 6.54 Å². The van der Waals surface area contributed by atoms with E-state index >= 15 is 0 Å². The first-order chi connectivity index (χ1) is 8.47. The molecule has 0 radical (unpaired) electrons. The smallest absolute Gasteiger partial charge is 0.103 e. The molecule has 2 nitrogen and oxygen atoms in total. The number of nitrogens with zero attached hydrogens (tertiary/aromatic N) is 1. The van der Waals surface area contributed by atoms with Crippen molar-refractivity contribution in [1.29, 1.82) is 0 Å². The second-order valence-electron chi connectivity index (χ2n) is 5.65. The van der Waals surface area contributed by atoms with Gasteiger partial charge in [0.2, 0.25) is 0 Å². The summed E-state index contributed by atoms with van der Waals surface area (Å²) in [5.74, 6) is 1.61. The van der Waals surface area contributed by atoms with Crippen molar-refractivity contribution in [3.05, 3.63) is 34.9 Å². The van der Waals surface area contributed by atoms with Gasteiger partial charge < -0.3 is 5.73 Å². The largest absolute Gasteiger partial charge is 0.389 e. The molecule has 1 fully saturated rings. The Kier molecular flexibility index (Phi) is 4.03. The van der Waals surface area contributed by atoms with E-state index in [1.807, 2.05) is 6.07 Å². The first-order valence-electron chi connectivity index (χ1n) is 6.59. The molecule has 1 saturated heterocycles. The minimum absolute atomic E-state index is 0.480. The third kappa shape index (κ3) is 2.90. The van der Waals surface area contributed by atoms with E-state index in [4.69, 9.17) is 18.0 Å². The van der Waals surface area contributed by atoms with E-state index in [1.165, 1.54) is 24.2 Å². The zero-order chi connectivity index (χ0) is 13.3. The number of thiocarbonyl (C=S) groups is 1. The van der Waals surface area contributed by atoms with Gasteiger partial charge in [-0.15, -0.1) is 0 Å². The van der Waals surface area contributed by atoms with Crippen LogP contribution in [0.1, 0.15) is 30.5 Å². The Bertz CT molecular complexity index is 446. The van der Waals surface area contributed by atoms with Crippen LogP contribution in [0.3, 0.4) is 0 Å². The molecule has 1 aliphatic rings. The first-order valence-corrected chi connectivity index (χ1v) is 7.00. The van der Waals surface area contributed by atoms with Crippen LogP contribution in [0.4, 0.5) is 0 Å². The summed E-state index contributed by atoms with van der Waals surface area (Å²) >= 11 is 5.01. The molecule has 0 aliphatic carbocycles. The van der Waals surface area contributed by atoms with Crippen LogP contribution in [0, 0.1) is 18.8 Å². The first kappa shape index (κ1) is 13.5. The quantitative estimate of drug-likeness (QED) is 0.849. The number of likely N-dealkylation sites (tertiary alicyclic amines) is 1. The Labute approximate surface area is 115 Å². The second-order valence-corrected chi connectivity index (χ2v) is 6.09. The van der Waals surface area contributed by atoms with Crippen molar-refractivity contribution in [1.82, 2.24) is 4.90 Å². The molecule has 1 heterocycles. The molecule has 18 heavy (non-hydrogen) atoms. The van der Waals surface area contributed by atoms with Crippen LogP contribution in [0.5, 0.6) is 0 Å². The molecule has 1 aliphatic heterocycles. The summed E-state index contributed by atoms with van der Waals surface area (Å²) in [6.45, 7) is 10.3. The summed E-state index contributed by atoms with van der Waals surface area (Å²) in [6.07, 6.45) is 0. The second kappa shape index (κ2) is 5.37. The summed E-state index contributed by atoms with van der Waals surface area (Å²) in [4.78, 5) is 3.02. The fourth-order valence-corrected chi connectivity index (χ4v) is 2.77. The molecule has 2 unspecified atom stereocenters. The lowest BCUT2D eigenvalue weighted by Crippen LogP contribution is -2.21. The van der Waals surface area contributed by atoms with Gasteiger partial charge in [-0.1, -0.05) is 38.2 Å². The highest BCUT2D eigenvalue weighted by atomic mass is 32.1. The van der Waals surface area contributed by atoms with E-state index in [0.717, 1.165) is 23.9 Å². The van der Waals surface area contributed by atoms with Crippen molar-refractivity contribution in [3.8, 4) is 0 Å². The van der Waals surface area contributed by atoms with Gasteiger partial charge in [-0.2, -0.15) is 0 Å². The molecule has 0 amide bonds. The van der Waals surface area contributed by atoms with Crippen LogP contribution in [0.2, 0.25) is 0 Å². The van der Waals surface area contributed by atoms with Gasteiger partial charge in [-0.3, -0.25) is 4.90 Å². The molecule has 3 heteroatoms. The van der Waals surface area contributed by atoms with E-state index in [9.17, 15) is 0 Å². The number of benzene rings is 1. The Morgan fingerprint density at radius 1 is 1.33 bits per heavy atom. The van der Waals surface area contributed by atoms with E-state index in [1.54, 1.807) is 0 Å². The normalized spacial score (nSPS) is 24.4. The van der Waals surface area contributed by atoms with Gasteiger partial charge in [0.1, 0.15) is 4.99 Å². The Balaban J connectivity index is 2.08. The van der Waals surface area contributed by atoms with Gasteiger partial charge >= 0.3 is 0 Å². The van der Waals surface area contributed by atoms with Gasteiger partial charge in [0, 0.05) is 25.2 Å². The van der Waals surface area contributed by atoms with Crippen LogP contribution in [-0.4, -0.2) is 23.0 Å². The summed E-state index contributed by atoms with van der Waals surface area (Å²) in [7, 11) is 0. The summed E-state index contributed by atoms with van der Waals surface area (Å²) < 4.78 is 0. The lowest BCUT2D eigenvalue weighted by molar-refractivity contribution is 0.315. The average Bonchev–Trinajstić information content (AvgIpc) is 2.61. The lowest BCUT2D eigenvalue weighted by atomic mass is 10.0. The highest BCUT2D eigenvalue weighted by Gasteiger charge is 2.25. The predicted octanol–water partition coefficient (Wildman–Crippen LogP) is 2.72. The van der Waals surface area contributed by atoms with Crippen molar-refractivity contribution < 1.29 is 0 Å². The Morgan fingerprint density at radius 3 is 2.44 bits per heavy atom. The molecule has 98 valence electrons. The lowest BCUT2D eigenvalue weighted by Gasteiger charge is -2.17. The van der Waals surface area contributed by atoms with Gasteiger partial charge in [-0.25, -0.2) is 0 Å². The van der Waals surface area contributed by atoms with Gasteiger partial charge in [0.25, 0.3) is 0 Å². The predicted molar refractivity (Wildman–Crippen MR) is 80.7 cm³/mol.